The summed E-state index contributed by atoms with van der Waals surface area (Å²) in [5.74, 6) is -0.877. The van der Waals surface area contributed by atoms with Crippen LogP contribution in [0.15, 0.2) is 47.4 Å². The molecule has 0 bridgehead atoms. The van der Waals surface area contributed by atoms with E-state index in [1.165, 1.54) is 34.6 Å². The second-order valence-electron chi connectivity index (χ2n) is 4.55. The lowest BCUT2D eigenvalue weighted by Gasteiger charge is -2.19. The van der Waals surface area contributed by atoms with Crippen LogP contribution < -0.4 is 4.31 Å². The number of sulfonamides is 1. The van der Waals surface area contributed by atoms with E-state index in [1.807, 2.05) is 0 Å². The van der Waals surface area contributed by atoms with Crippen LogP contribution in [0.4, 0.5) is 14.5 Å². The van der Waals surface area contributed by atoms with Gasteiger partial charge in [0.05, 0.1) is 10.6 Å². The maximum atomic E-state index is 13.1. The van der Waals surface area contributed by atoms with Crippen LogP contribution in [0.5, 0.6) is 0 Å². The second kappa shape index (κ2) is 4.56. The van der Waals surface area contributed by atoms with Gasteiger partial charge in [0.15, 0.2) is 0 Å². The topological polar surface area (TPSA) is 37.4 Å². The van der Waals surface area contributed by atoms with Crippen LogP contribution in [0.25, 0.3) is 0 Å². The molecule has 3 rings (SSSR count). The zero-order valence-corrected chi connectivity index (χ0v) is 11.2. The summed E-state index contributed by atoms with van der Waals surface area (Å²) in [5.41, 5.74) is 1.14. The van der Waals surface area contributed by atoms with Crippen LogP contribution >= 0.6 is 0 Å². The minimum atomic E-state index is -3.74. The number of hydrogen-bond donors (Lipinski definition) is 0. The highest BCUT2D eigenvalue weighted by atomic mass is 32.2. The molecule has 0 fully saturated rings. The molecule has 0 amide bonds. The van der Waals surface area contributed by atoms with Gasteiger partial charge in [0.1, 0.15) is 11.6 Å². The number of fused-ring (bicyclic) bond motifs is 1. The van der Waals surface area contributed by atoms with Crippen molar-refractivity contribution in [3.63, 3.8) is 0 Å². The van der Waals surface area contributed by atoms with Gasteiger partial charge in [-0.2, -0.15) is 0 Å². The van der Waals surface area contributed by atoms with Crippen molar-refractivity contribution in [2.75, 3.05) is 10.8 Å². The number of halogens is 2. The van der Waals surface area contributed by atoms with Crippen LogP contribution in [0.1, 0.15) is 5.56 Å². The lowest BCUT2D eigenvalue weighted by atomic mass is 10.2. The van der Waals surface area contributed by atoms with Crippen molar-refractivity contribution >= 4 is 15.7 Å². The highest BCUT2D eigenvalue weighted by Crippen LogP contribution is 2.33. The summed E-state index contributed by atoms with van der Waals surface area (Å²) in [6, 6.07) is 8.70. The van der Waals surface area contributed by atoms with E-state index >= 15 is 0 Å². The summed E-state index contributed by atoms with van der Waals surface area (Å²) >= 11 is 0. The molecule has 104 valence electrons. The third-order valence-electron chi connectivity index (χ3n) is 3.30. The molecule has 0 saturated heterocycles. The molecule has 6 heteroatoms. The average Bonchev–Trinajstić information content (AvgIpc) is 2.82. The van der Waals surface area contributed by atoms with Crippen molar-refractivity contribution < 1.29 is 17.2 Å². The molecular weight excluding hydrogens is 284 g/mol. The van der Waals surface area contributed by atoms with Gasteiger partial charge in [-0.25, -0.2) is 17.2 Å². The normalized spacial score (nSPS) is 14.4. The van der Waals surface area contributed by atoms with E-state index in [-0.39, 0.29) is 17.3 Å². The molecule has 0 radical (unpaired) electrons. The number of rotatable bonds is 2. The molecule has 0 aromatic heterocycles. The molecule has 0 aliphatic carbocycles. The van der Waals surface area contributed by atoms with E-state index < -0.39 is 15.8 Å². The summed E-state index contributed by atoms with van der Waals surface area (Å²) in [6.45, 7) is 0.262. The Morgan fingerprint density at radius 2 is 1.60 bits per heavy atom. The van der Waals surface area contributed by atoms with Crippen LogP contribution in [0.2, 0.25) is 0 Å². The first-order chi connectivity index (χ1) is 9.48. The smallest absolute Gasteiger partial charge is 0.264 e. The van der Waals surface area contributed by atoms with Gasteiger partial charge in [-0.05, 0) is 54.4 Å². The lowest BCUT2D eigenvalue weighted by molar-refractivity contribution is 0.591. The Morgan fingerprint density at radius 1 is 0.950 bits per heavy atom. The predicted octanol–water partition coefficient (Wildman–Crippen LogP) is 2.72. The standard InChI is InChI=1S/C14H11F2NO2S/c15-11-1-4-13(5-2-11)20(18,19)17-8-7-10-9-12(16)3-6-14(10)17/h1-6,9H,7-8H2. The quantitative estimate of drug-likeness (QED) is 0.854. The number of anilines is 1. The largest absolute Gasteiger partial charge is 0.266 e. The maximum Gasteiger partial charge on any atom is 0.264 e. The maximum absolute atomic E-state index is 13.1. The first kappa shape index (κ1) is 13.1. The molecule has 3 nitrogen and oxygen atoms in total. The highest BCUT2D eigenvalue weighted by molar-refractivity contribution is 7.92. The Bertz CT molecular complexity index is 757. The molecule has 0 unspecified atom stereocenters. The Hall–Kier alpha value is -1.95. The zero-order chi connectivity index (χ0) is 14.3. The average molecular weight is 295 g/mol. The van der Waals surface area contributed by atoms with Crippen molar-refractivity contribution in [1.29, 1.82) is 0 Å². The molecule has 2 aromatic carbocycles. The van der Waals surface area contributed by atoms with Gasteiger partial charge in [-0.1, -0.05) is 0 Å². The van der Waals surface area contributed by atoms with Crippen molar-refractivity contribution in [1.82, 2.24) is 0 Å². The minimum absolute atomic E-state index is 0.0241. The molecule has 2 aromatic rings. The van der Waals surface area contributed by atoms with Gasteiger partial charge in [0.2, 0.25) is 0 Å². The van der Waals surface area contributed by atoms with Crippen molar-refractivity contribution in [3.8, 4) is 0 Å². The third-order valence-corrected chi connectivity index (χ3v) is 5.12. The molecular formula is C14H11F2NO2S. The summed E-state index contributed by atoms with van der Waals surface area (Å²) < 4.78 is 52.3. The molecule has 1 aliphatic heterocycles. The Labute approximate surface area is 115 Å². The van der Waals surface area contributed by atoms with E-state index in [2.05, 4.69) is 0 Å². The van der Waals surface area contributed by atoms with Gasteiger partial charge in [-0.15, -0.1) is 0 Å². The molecule has 20 heavy (non-hydrogen) atoms. The van der Waals surface area contributed by atoms with E-state index in [0.29, 0.717) is 17.7 Å². The predicted molar refractivity (Wildman–Crippen MR) is 71.0 cm³/mol. The zero-order valence-electron chi connectivity index (χ0n) is 10.4. The highest BCUT2D eigenvalue weighted by Gasteiger charge is 2.30. The van der Waals surface area contributed by atoms with Crippen LogP contribution in [0.3, 0.4) is 0 Å². The Balaban J connectivity index is 2.05. The van der Waals surface area contributed by atoms with Crippen LogP contribution in [-0.2, 0) is 16.4 Å². The molecule has 0 atom stereocenters. The lowest BCUT2D eigenvalue weighted by Crippen LogP contribution is -2.29. The fourth-order valence-electron chi connectivity index (χ4n) is 2.32. The Morgan fingerprint density at radius 3 is 2.30 bits per heavy atom. The van der Waals surface area contributed by atoms with Gasteiger partial charge in [-0.3, -0.25) is 4.31 Å². The first-order valence-electron chi connectivity index (χ1n) is 6.05. The summed E-state index contributed by atoms with van der Waals surface area (Å²) in [4.78, 5) is 0.0241. The van der Waals surface area contributed by atoms with Crippen molar-refractivity contribution in [2.24, 2.45) is 0 Å². The SMILES string of the molecule is O=S(=O)(c1ccc(F)cc1)N1CCc2cc(F)ccc21. The van der Waals surface area contributed by atoms with E-state index in [4.69, 9.17) is 0 Å². The van der Waals surface area contributed by atoms with E-state index in [9.17, 15) is 17.2 Å². The van der Waals surface area contributed by atoms with Gasteiger partial charge < -0.3 is 0 Å². The van der Waals surface area contributed by atoms with Crippen molar-refractivity contribution in [2.45, 2.75) is 11.3 Å². The molecule has 1 aliphatic rings. The first-order valence-corrected chi connectivity index (χ1v) is 7.49. The summed E-state index contributed by atoms with van der Waals surface area (Å²) in [6.07, 6.45) is 0.466. The molecule has 0 N–H and O–H groups in total. The molecule has 0 spiro atoms. The summed E-state index contributed by atoms with van der Waals surface area (Å²) in [7, 11) is -3.74. The summed E-state index contributed by atoms with van der Waals surface area (Å²) in [5, 5.41) is 0. The fraction of sp³-hybridized carbons (Fsp3) is 0.143. The van der Waals surface area contributed by atoms with E-state index in [1.54, 1.807) is 0 Å². The van der Waals surface area contributed by atoms with Crippen LogP contribution in [-0.4, -0.2) is 15.0 Å². The van der Waals surface area contributed by atoms with Gasteiger partial charge >= 0.3 is 0 Å². The van der Waals surface area contributed by atoms with Crippen molar-refractivity contribution in [3.05, 3.63) is 59.7 Å². The van der Waals surface area contributed by atoms with Gasteiger partial charge in [0, 0.05) is 6.54 Å². The fourth-order valence-corrected chi connectivity index (χ4v) is 3.83. The number of nitrogens with zero attached hydrogens (tertiary/aromatic N) is 1. The third kappa shape index (κ3) is 2.06. The monoisotopic (exact) mass is 295 g/mol. The second-order valence-corrected chi connectivity index (χ2v) is 6.42. The molecule has 1 heterocycles. The van der Waals surface area contributed by atoms with Crippen LogP contribution in [0, 0.1) is 11.6 Å². The Kier molecular flexibility index (Phi) is 2.97. The number of hydrogen-bond acceptors (Lipinski definition) is 2. The number of benzene rings is 2. The minimum Gasteiger partial charge on any atom is -0.266 e. The van der Waals surface area contributed by atoms with Gasteiger partial charge in [0.25, 0.3) is 10.0 Å². The van der Waals surface area contributed by atoms with E-state index in [0.717, 1.165) is 12.1 Å². The molecule has 0 saturated carbocycles.